The van der Waals surface area contributed by atoms with E-state index in [0.717, 1.165) is 17.7 Å². The molecule has 2 aromatic rings. The lowest BCUT2D eigenvalue weighted by atomic mass is 10.0. The first kappa shape index (κ1) is 17.7. The maximum Gasteiger partial charge on any atom is 0.241 e. The molecule has 26 heavy (non-hydrogen) atoms. The predicted octanol–water partition coefficient (Wildman–Crippen LogP) is 2.11. The fourth-order valence-electron chi connectivity index (χ4n) is 3.95. The number of thiophene rings is 1. The molecule has 2 aliphatic rings. The van der Waals surface area contributed by atoms with E-state index < -0.39 is 9.84 Å². The van der Waals surface area contributed by atoms with Crippen molar-refractivity contribution in [2.24, 2.45) is 0 Å². The van der Waals surface area contributed by atoms with E-state index in [2.05, 4.69) is 11.0 Å². The molecule has 3 heterocycles. The van der Waals surface area contributed by atoms with E-state index in [-0.39, 0.29) is 36.0 Å². The summed E-state index contributed by atoms with van der Waals surface area (Å²) in [5.74, 6) is 0.170. The van der Waals surface area contributed by atoms with Gasteiger partial charge in [-0.3, -0.25) is 9.69 Å². The fourth-order valence-corrected chi connectivity index (χ4v) is 6.63. The Morgan fingerprint density at radius 2 is 1.85 bits per heavy atom. The van der Waals surface area contributed by atoms with Crippen LogP contribution in [0.5, 0.6) is 0 Å². The summed E-state index contributed by atoms with van der Waals surface area (Å²) in [6.07, 6.45) is 0.846. The van der Waals surface area contributed by atoms with Gasteiger partial charge < -0.3 is 4.90 Å². The van der Waals surface area contributed by atoms with Gasteiger partial charge in [-0.1, -0.05) is 23.8 Å². The molecule has 0 radical (unpaired) electrons. The molecule has 0 spiro atoms. The van der Waals surface area contributed by atoms with E-state index in [1.54, 1.807) is 16.2 Å². The van der Waals surface area contributed by atoms with Crippen LogP contribution in [0.15, 0.2) is 41.8 Å². The molecule has 1 aromatic carbocycles. The normalized spacial score (nSPS) is 25.4. The number of sulfone groups is 1. The van der Waals surface area contributed by atoms with E-state index in [0.29, 0.717) is 6.54 Å². The fraction of sp³-hybridized carbons (Fsp3) is 0.421. The second-order valence-corrected chi connectivity index (χ2v) is 10.3. The highest BCUT2D eigenvalue weighted by Gasteiger charge is 2.49. The van der Waals surface area contributed by atoms with Gasteiger partial charge in [0.15, 0.2) is 9.84 Å². The highest BCUT2D eigenvalue weighted by Crippen LogP contribution is 2.32. The van der Waals surface area contributed by atoms with Gasteiger partial charge in [0, 0.05) is 23.2 Å². The van der Waals surface area contributed by atoms with Crippen LogP contribution in [0.3, 0.4) is 0 Å². The summed E-state index contributed by atoms with van der Waals surface area (Å²) in [6.45, 7) is 2.98. The molecule has 138 valence electrons. The highest BCUT2D eigenvalue weighted by molar-refractivity contribution is 7.91. The lowest BCUT2D eigenvalue weighted by Gasteiger charge is -2.43. The minimum Gasteiger partial charge on any atom is -0.306 e. The predicted molar refractivity (Wildman–Crippen MR) is 104 cm³/mol. The van der Waals surface area contributed by atoms with Crippen molar-refractivity contribution in [2.75, 3.05) is 29.5 Å². The van der Waals surface area contributed by atoms with Crippen LogP contribution in [0.2, 0.25) is 0 Å². The number of hydrogen-bond donors (Lipinski definition) is 0. The molecule has 1 aromatic heterocycles. The number of carbonyl (C=O) groups is 1. The average molecular weight is 391 g/mol. The zero-order valence-electron chi connectivity index (χ0n) is 14.7. The van der Waals surface area contributed by atoms with Crippen LogP contribution in [0.25, 0.3) is 0 Å². The Hall–Kier alpha value is -1.70. The van der Waals surface area contributed by atoms with E-state index in [9.17, 15) is 13.2 Å². The number of amides is 1. The van der Waals surface area contributed by atoms with Crippen molar-refractivity contribution in [3.8, 4) is 0 Å². The lowest BCUT2D eigenvalue weighted by molar-refractivity contribution is -0.123. The summed E-state index contributed by atoms with van der Waals surface area (Å²) in [6, 6.07) is 11.4. The molecule has 0 N–H and O–H groups in total. The Kier molecular flexibility index (Phi) is 4.62. The highest BCUT2D eigenvalue weighted by atomic mass is 32.2. The van der Waals surface area contributed by atoms with Crippen molar-refractivity contribution in [3.63, 3.8) is 0 Å². The monoisotopic (exact) mass is 390 g/mol. The molecule has 5 nitrogen and oxygen atoms in total. The number of anilines is 1. The summed E-state index contributed by atoms with van der Waals surface area (Å²) in [4.78, 5) is 17.9. The number of rotatable bonds is 4. The van der Waals surface area contributed by atoms with Crippen LogP contribution < -0.4 is 4.90 Å². The molecule has 4 rings (SSSR count). The summed E-state index contributed by atoms with van der Waals surface area (Å²) in [5, 5.41) is 2.04. The third kappa shape index (κ3) is 3.43. The number of aryl methyl sites for hydroxylation is 1. The van der Waals surface area contributed by atoms with Gasteiger partial charge in [-0.05, 0) is 36.9 Å². The molecule has 2 aliphatic heterocycles. The molecule has 2 unspecified atom stereocenters. The number of fused-ring (bicyclic) bond motifs is 1. The smallest absolute Gasteiger partial charge is 0.241 e. The Morgan fingerprint density at radius 3 is 2.54 bits per heavy atom. The maximum absolute atomic E-state index is 12.9. The van der Waals surface area contributed by atoms with Crippen molar-refractivity contribution in [2.45, 2.75) is 25.4 Å². The topological polar surface area (TPSA) is 57.7 Å². The summed E-state index contributed by atoms with van der Waals surface area (Å²) in [5.41, 5.74) is 1.91. The first-order chi connectivity index (χ1) is 12.4. The van der Waals surface area contributed by atoms with Crippen molar-refractivity contribution in [1.29, 1.82) is 0 Å². The van der Waals surface area contributed by atoms with E-state index in [1.165, 1.54) is 4.88 Å². The van der Waals surface area contributed by atoms with Crippen LogP contribution >= 0.6 is 11.3 Å². The first-order valence-electron chi connectivity index (χ1n) is 8.78. The lowest BCUT2D eigenvalue weighted by Crippen LogP contribution is -2.62. The largest absolute Gasteiger partial charge is 0.306 e. The number of nitrogens with zero attached hydrogens (tertiary/aromatic N) is 2. The third-order valence-electron chi connectivity index (χ3n) is 5.24. The number of hydrogen-bond acceptors (Lipinski definition) is 5. The zero-order chi connectivity index (χ0) is 18.3. The Balaban J connectivity index is 1.60. The number of benzene rings is 1. The SMILES string of the molecule is Cc1ccc(N2C(=O)CN(CCc3cccs3)C3CS(=O)(=O)CC32)cc1. The minimum atomic E-state index is -3.14. The van der Waals surface area contributed by atoms with Crippen molar-refractivity contribution < 1.29 is 13.2 Å². The molecule has 2 fully saturated rings. The van der Waals surface area contributed by atoms with Crippen LogP contribution in [0, 0.1) is 6.92 Å². The second kappa shape index (κ2) is 6.79. The molecule has 0 saturated carbocycles. The summed E-state index contributed by atoms with van der Waals surface area (Å²) < 4.78 is 24.7. The molecular weight excluding hydrogens is 368 g/mol. The van der Waals surface area contributed by atoms with E-state index in [4.69, 9.17) is 0 Å². The molecule has 2 saturated heterocycles. The van der Waals surface area contributed by atoms with Gasteiger partial charge in [0.1, 0.15) is 0 Å². The molecule has 0 aliphatic carbocycles. The van der Waals surface area contributed by atoms with Crippen molar-refractivity contribution >= 4 is 32.8 Å². The Labute approximate surface area is 158 Å². The van der Waals surface area contributed by atoms with Gasteiger partial charge >= 0.3 is 0 Å². The molecule has 2 atom stereocenters. The van der Waals surface area contributed by atoms with Gasteiger partial charge in [-0.2, -0.15) is 0 Å². The van der Waals surface area contributed by atoms with Crippen LogP contribution in [0.4, 0.5) is 5.69 Å². The zero-order valence-corrected chi connectivity index (χ0v) is 16.3. The molecule has 7 heteroatoms. The van der Waals surface area contributed by atoms with Crippen molar-refractivity contribution in [3.05, 3.63) is 52.2 Å². The van der Waals surface area contributed by atoms with Crippen LogP contribution in [-0.4, -0.2) is 55.9 Å². The number of piperazine rings is 1. The third-order valence-corrected chi connectivity index (χ3v) is 7.87. The minimum absolute atomic E-state index is 0.0154. The van der Waals surface area contributed by atoms with Gasteiger partial charge in [0.2, 0.25) is 5.91 Å². The van der Waals surface area contributed by atoms with Gasteiger partial charge in [0.05, 0.1) is 24.1 Å². The first-order valence-corrected chi connectivity index (χ1v) is 11.5. The van der Waals surface area contributed by atoms with Gasteiger partial charge in [0.25, 0.3) is 0 Å². The van der Waals surface area contributed by atoms with E-state index in [1.807, 2.05) is 42.6 Å². The summed E-state index contributed by atoms with van der Waals surface area (Å²) >= 11 is 1.70. The van der Waals surface area contributed by atoms with Crippen LogP contribution in [-0.2, 0) is 21.1 Å². The van der Waals surface area contributed by atoms with Crippen molar-refractivity contribution in [1.82, 2.24) is 4.90 Å². The molecular formula is C19H22N2O3S2. The summed E-state index contributed by atoms with van der Waals surface area (Å²) in [7, 11) is -3.14. The number of carbonyl (C=O) groups excluding carboxylic acids is 1. The van der Waals surface area contributed by atoms with Crippen LogP contribution in [0.1, 0.15) is 10.4 Å². The van der Waals surface area contributed by atoms with Gasteiger partial charge in [-0.25, -0.2) is 8.42 Å². The second-order valence-electron chi connectivity index (χ2n) is 7.11. The quantitative estimate of drug-likeness (QED) is 0.802. The molecule has 1 amide bonds. The molecule has 0 bridgehead atoms. The Bertz CT molecular complexity index is 891. The van der Waals surface area contributed by atoms with Gasteiger partial charge in [-0.15, -0.1) is 11.3 Å². The Morgan fingerprint density at radius 1 is 1.12 bits per heavy atom. The maximum atomic E-state index is 12.9. The average Bonchev–Trinajstić information content (AvgIpc) is 3.20. The standard InChI is InChI=1S/C19H22N2O3S2/c1-14-4-6-15(7-5-14)21-18-13-26(23,24)12-17(18)20(11-19(21)22)9-8-16-3-2-10-25-16/h2-7,10,17-18H,8-9,11-13H2,1H3. The van der Waals surface area contributed by atoms with E-state index >= 15 is 0 Å².